The molecule has 0 amide bonds. The molecule has 9 heteroatoms. The number of anilines is 4. The summed E-state index contributed by atoms with van der Waals surface area (Å²) in [6.45, 7) is 8.21. The highest BCUT2D eigenvalue weighted by Crippen LogP contribution is 2.29. The van der Waals surface area contributed by atoms with E-state index in [1.807, 2.05) is 91.3 Å². The van der Waals surface area contributed by atoms with Crippen LogP contribution in [0.2, 0.25) is 0 Å². The van der Waals surface area contributed by atoms with Crippen molar-refractivity contribution in [1.29, 1.82) is 0 Å². The van der Waals surface area contributed by atoms with Crippen LogP contribution in [0.25, 0.3) is 44.1 Å². The summed E-state index contributed by atoms with van der Waals surface area (Å²) < 4.78 is 0. The van der Waals surface area contributed by atoms with Gasteiger partial charge in [-0.3, -0.25) is 14.8 Å². The minimum absolute atomic E-state index is 0.0482. The van der Waals surface area contributed by atoms with Gasteiger partial charge in [-0.25, -0.2) is 19.9 Å². The molecule has 4 aromatic heterocycles. The molecule has 9 nitrogen and oxygen atoms in total. The number of aromatic nitrogens is 6. The molecule has 0 aliphatic heterocycles. The van der Waals surface area contributed by atoms with Crippen molar-refractivity contribution in [2.75, 3.05) is 10.6 Å². The molecule has 4 heterocycles. The fourth-order valence-corrected chi connectivity index (χ4v) is 5.92. The second kappa shape index (κ2) is 15.2. The largest absolute Gasteiger partial charge is 0.340 e. The van der Waals surface area contributed by atoms with Crippen molar-refractivity contribution >= 4 is 50.3 Å². The van der Waals surface area contributed by atoms with Crippen LogP contribution >= 0.6 is 0 Å². The predicted octanol–water partition coefficient (Wildman–Crippen LogP) is 10.4. The van der Waals surface area contributed by atoms with E-state index in [0.29, 0.717) is 11.4 Å². The van der Waals surface area contributed by atoms with Crippen LogP contribution in [0.5, 0.6) is 0 Å². The van der Waals surface area contributed by atoms with Crippen molar-refractivity contribution in [3.8, 4) is 22.5 Å². The Morgan fingerprint density at radius 1 is 0.566 bits per heavy atom. The Kier molecular flexibility index (Phi) is 9.89. The van der Waals surface area contributed by atoms with Gasteiger partial charge in [0.25, 0.3) is 0 Å². The van der Waals surface area contributed by atoms with E-state index in [1.54, 1.807) is 25.6 Å². The van der Waals surface area contributed by atoms with Gasteiger partial charge in [0.2, 0.25) is 0 Å². The lowest BCUT2D eigenvalue weighted by Gasteiger charge is -2.19. The smallest absolute Gasteiger partial charge is 0.159 e. The fourth-order valence-electron chi connectivity index (χ4n) is 5.92. The van der Waals surface area contributed by atoms with Crippen molar-refractivity contribution in [3.63, 3.8) is 0 Å². The quantitative estimate of drug-likeness (QED) is 0.157. The Bertz CT molecular complexity index is 2520. The molecule has 0 fully saturated rings. The summed E-state index contributed by atoms with van der Waals surface area (Å²) in [4.78, 5) is 37.3. The van der Waals surface area contributed by atoms with Crippen LogP contribution in [0.4, 0.5) is 23.0 Å². The number of carbonyl (C=O) groups is 1. The SMILES string of the molecule is CC(=O)c1ccc(-c2cc(Nc3cccc4cnccc34)ncn2)cc1.CC(C)(C)c1ccc(-c2cc(Nc3cccc4cnccc34)ncn2)cc1. The Hall–Kier alpha value is -6.87. The minimum Gasteiger partial charge on any atom is -0.340 e. The van der Waals surface area contributed by atoms with E-state index in [4.69, 9.17) is 0 Å². The highest BCUT2D eigenvalue weighted by molar-refractivity contribution is 5.96. The molecule has 0 radical (unpaired) electrons. The predicted molar refractivity (Wildman–Crippen MR) is 214 cm³/mol. The standard InChI is InChI=1S/C23H22N4.C21H16N4O/c1-23(2,3)18-9-7-16(8-10-18)21-13-22(26-15-25-21)27-20-6-4-5-17-14-24-12-11-19(17)20;1-14(26)15-5-7-16(8-6-15)20-11-21(24-13-23-20)25-19-4-2-3-17-12-22-10-9-18(17)19/h4-15H,1-3H3,(H,25,26,27);2-13H,1H3,(H,23,24,25). The first-order valence-electron chi connectivity index (χ1n) is 17.3. The van der Waals surface area contributed by atoms with Crippen LogP contribution in [0.3, 0.4) is 0 Å². The second-order valence-electron chi connectivity index (χ2n) is 13.6. The molecule has 0 atom stereocenters. The first-order valence-corrected chi connectivity index (χ1v) is 17.3. The van der Waals surface area contributed by atoms with E-state index in [0.717, 1.165) is 61.3 Å². The van der Waals surface area contributed by atoms with Gasteiger partial charge in [0.15, 0.2) is 5.78 Å². The average molecular weight is 695 g/mol. The summed E-state index contributed by atoms with van der Waals surface area (Å²) in [5.74, 6) is 1.52. The van der Waals surface area contributed by atoms with Crippen molar-refractivity contribution in [2.45, 2.75) is 33.1 Å². The number of ketones is 1. The summed E-state index contributed by atoms with van der Waals surface area (Å²) in [5.41, 5.74) is 7.80. The molecule has 8 rings (SSSR count). The summed E-state index contributed by atoms with van der Waals surface area (Å²) >= 11 is 0. The lowest BCUT2D eigenvalue weighted by molar-refractivity contribution is 0.101. The lowest BCUT2D eigenvalue weighted by Crippen LogP contribution is -2.10. The molecule has 8 aromatic rings. The molecule has 0 saturated heterocycles. The third kappa shape index (κ3) is 8.21. The van der Waals surface area contributed by atoms with E-state index in [2.05, 4.69) is 91.6 Å². The van der Waals surface area contributed by atoms with Gasteiger partial charge in [-0.1, -0.05) is 93.6 Å². The fraction of sp³-hybridized carbons (Fsp3) is 0.114. The molecule has 53 heavy (non-hydrogen) atoms. The third-order valence-corrected chi connectivity index (χ3v) is 8.85. The molecule has 2 N–H and O–H groups in total. The van der Waals surface area contributed by atoms with Crippen LogP contribution < -0.4 is 10.6 Å². The molecule has 0 aliphatic carbocycles. The summed E-state index contributed by atoms with van der Waals surface area (Å²) in [6.07, 6.45) is 10.4. The normalized spacial score (nSPS) is 11.1. The van der Waals surface area contributed by atoms with Gasteiger partial charge in [0.1, 0.15) is 24.3 Å². The molecule has 4 aromatic carbocycles. The van der Waals surface area contributed by atoms with Crippen LogP contribution in [-0.4, -0.2) is 35.7 Å². The first kappa shape index (κ1) is 34.6. The average Bonchev–Trinajstić information content (AvgIpc) is 3.18. The van der Waals surface area contributed by atoms with Crippen molar-refractivity contribution in [3.05, 3.63) is 158 Å². The first-order chi connectivity index (χ1) is 25.7. The Balaban J connectivity index is 0.000000164. The van der Waals surface area contributed by atoms with Crippen LogP contribution in [0, 0.1) is 0 Å². The summed E-state index contributed by atoms with van der Waals surface area (Å²) in [7, 11) is 0. The van der Waals surface area contributed by atoms with Crippen molar-refractivity contribution < 1.29 is 4.79 Å². The maximum absolute atomic E-state index is 11.4. The summed E-state index contributed by atoms with van der Waals surface area (Å²) in [5, 5.41) is 11.1. The lowest BCUT2D eigenvalue weighted by atomic mass is 9.86. The van der Waals surface area contributed by atoms with Crippen LogP contribution in [0.15, 0.2) is 147 Å². The molecule has 0 bridgehead atoms. The number of rotatable bonds is 7. The molecule has 0 saturated carbocycles. The van der Waals surface area contributed by atoms with Crippen LogP contribution in [0.1, 0.15) is 43.6 Å². The van der Waals surface area contributed by atoms with Crippen LogP contribution in [-0.2, 0) is 5.41 Å². The van der Waals surface area contributed by atoms with E-state index < -0.39 is 0 Å². The van der Waals surface area contributed by atoms with Crippen molar-refractivity contribution in [1.82, 2.24) is 29.9 Å². The molecule has 0 unspecified atom stereocenters. The van der Waals surface area contributed by atoms with Gasteiger partial charge in [-0.2, -0.15) is 0 Å². The number of nitrogens with zero attached hydrogens (tertiary/aromatic N) is 6. The highest BCUT2D eigenvalue weighted by atomic mass is 16.1. The van der Waals surface area contributed by atoms with E-state index >= 15 is 0 Å². The van der Waals surface area contributed by atoms with E-state index in [9.17, 15) is 4.79 Å². The Morgan fingerprint density at radius 3 is 1.49 bits per heavy atom. The van der Waals surface area contributed by atoms with E-state index in [1.165, 1.54) is 11.9 Å². The highest BCUT2D eigenvalue weighted by Gasteiger charge is 2.14. The second-order valence-corrected chi connectivity index (χ2v) is 13.6. The number of nitrogens with one attached hydrogen (secondary N) is 2. The third-order valence-electron chi connectivity index (χ3n) is 8.85. The van der Waals surface area contributed by atoms with Gasteiger partial charge in [0.05, 0.1) is 11.4 Å². The van der Waals surface area contributed by atoms with Gasteiger partial charge in [-0.05, 0) is 42.2 Å². The Labute approximate surface area is 308 Å². The van der Waals surface area contributed by atoms with Gasteiger partial charge >= 0.3 is 0 Å². The number of hydrogen-bond donors (Lipinski definition) is 2. The van der Waals surface area contributed by atoms with Gasteiger partial charge in [0, 0.05) is 86.5 Å². The minimum atomic E-state index is 0.0482. The maximum atomic E-state index is 11.4. The van der Waals surface area contributed by atoms with E-state index in [-0.39, 0.29) is 11.2 Å². The molecular weight excluding hydrogens is 657 g/mol. The molecule has 260 valence electrons. The Morgan fingerprint density at radius 2 is 1.04 bits per heavy atom. The number of benzene rings is 4. The number of fused-ring (bicyclic) bond motifs is 2. The summed E-state index contributed by atoms with van der Waals surface area (Å²) in [6, 6.07) is 36.0. The number of Topliss-reactive ketones (excluding diaryl/α,β-unsaturated/α-hetero) is 1. The topological polar surface area (TPSA) is 118 Å². The zero-order valence-electron chi connectivity index (χ0n) is 29.9. The monoisotopic (exact) mass is 694 g/mol. The maximum Gasteiger partial charge on any atom is 0.159 e. The number of carbonyl (C=O) groups excluding carboxylic acids is 1. The zero-order chi connectivity index (χ0) is 36.8. The van der Waals surface area contributed by atoms with Gasteiger partial charge in [-0.15, -0.1) is 0 Å². The number of hydrogen-bond acceptors (Lipinski definition) is 9. The zero-order valence-corrected chi connectivity index (χ0v) is 29.9. The molecule has 0 spiro atoms. The number of pyridine rings is 2. The van der Waals surface area contributed by atoms with Gasteiger partial charge < -0.3 is 10.6 Å². The van der Waals surface area contributed by atoms with Crippen molar-refractivity contribution in [2.24, 2.45) is 0 Å². The molecular formula is C44H38N8O. The molecule has 0 aliphatic rings.